The van der Waals surface area contributed by atoms with Gasteiger partial charge in [-0.25, -0.2) is 18.4 Å². The summed E-state index contributed by atoms with van der Waals surface area (Å²) in [5.41, 5.74) is 0. The van der Waals surface area contributed by atoms with Crippen molar-refractivity contribution in [1.29, 1.82) is 0 Å². The molecule has 0 unspecified atom stereocenters. The van der Waals surface area contributed by atoms with Crippen molar-refractivity contribution in [3.63, 3.8) is 0 Å². The standard InChI is InChI=1S/C7H8BrN3O4S/c8-5-3-10-6(4-9-5)11-16(14,15)2-1-7(12)13/h3-4H,1-2H2,(H,10,11)(H,12,13). The fraction of sp³-hybridized carbons (Fsp3) is 0.286. The van der Waals surface area contributed by atoms with Crippen LogP contribution in [0.3, 0.4) is 0 Å². The third-order valence-electron chi connectivity index (χ3n) is 1.47. The predicted molar refractivity (Wildman–Crippen MR) is 59.4 cm³/mol. The van der Waals surface area contributed by atoms with Crippen molar-refractivity contribution in [3.8, 4) is 0 Å². The molecule has 0 fully saturated rings. The maximum Gasteiger partial charge on any atom is 0.304 e. The molecule has 9 heteroatoms. The Labute approximate surface area is 100 Å². The van der Waals surface area contributed by atoms with Crippen LogP contribution in [0.15, 0.2) is 17.0 Å². The molecule has 0 amide bonds. The molecule has 88 valence electrons. The lowest BCUT2D eigenvalue weighted by Crippen LogP contribution is -2.19. The summed E-state index contributed by atoms with van der Waals surface area (Å²) in [5.74, 6) is -1.62. The van der Waals surface area contributed by atoms with E-state index < -0.39 is 28.2 Å². The fourth-order valence-electron chi connectivity index (χ4n) is 0.797. The second-order valence-electron chi connectivity index (χ2n) is 2.79. The zero-order chi connectivity index (χ0) is 12.2. The van der Waals surface area contributed by atoms with E-state index >= 15 is 0 Å². The number of carboxylic acids is 1. The Hall–Kier alpha value is -1.22. The van der Waals surface area contributed by atoms with E-state index in [1.54, 1.807) is 0 Å². The Morgan fingerprint density at radius 3 is 2.62 bits per heavy atom. The number of carboxylic acid groups (broad SMARTS) is 1. The molecule has 16 heavy (non-hydrogen) atoms. The number of nitrogens with one attached hydrogen (secondary N) is 1. The van der Waals surface area contributed by atoms with Gasteiger partial charge in [0.1, 0.15) is 4.60 Å². The first-order valence-corrected chi connectivity index (χ1v) is 6.53. The van der Waals surface area contributed by atoms with E-state index in [-0.39, 0.29) is 5.82 Å². The number of aliphatic carboxylic acids is 1. The lowest BCUT2D eigenvalue weighted by atomic mass is 10.5. The highest BCUT2D eigenvalue weighted by molar-refractivity contribution is 9.10. The minimum Gasteiger partial charge on any atom is -0.481 e. The summed E-state index contributed by atoms with van der Waals surface area (Å²) in [5, 5.41) is 8.35. The second kappa shape index (κ2) is 5.21. The fourth-order valence-corrected chi connectivity index (χ4v) is 1.97. The molecule has 0 radical (unpaired) electrons. The minimum atomic E-state index is -3.69. The van der Waals surface area contributed by atoms with Crippen LogP contribution in [0.1, 0.15) is 6.42 Å². The van der Waals surface area contributed by atoms with Crippen molar-refractivity contribution in [2.45, 2.75) is 6.42 Å². The molecule has 1 rings (SSSR count). The van der Waals surface area contributed by atoms with Crippen molar-refractivity contribution < 1.29 is 18.3 Å². The number of hydrogen-bond acceptors (Lipinski definition) is 5. The molecule has 0 saturated carbocycles. The summed E-state index contributed by atoms with van der Waals surface area (Å²) in [7, 11) is -3.69. The molecule has 0 spiro atoms. The minimum absolute atomic E-state index is 0.0496. The zero-order valence-electron chi connectivity index (χ0n) is 7.92. The molecule has 0 atom stereocenters. The van der Waals surface area contributed by atoms with Crippen LogP contribution in [0.2, 0.25) is 0 Å². The van der Waals surface area contributed by atoms with E-state index in [0.29, 0.717) is 4.60 Å². The largest absolute Gasteiger partial charge is 0.481 e. The van der Waals surface area contributed by atoms with Gasteiger partial charge >= 0.3 is 5.97 Å². The highest BCUT2D eigenvalue weighted by Gasteiger charge is 2.13. The molecule has 0 bridgehead atoms. The number of anilines is 1. The van der Waals surface area contributed by atoms with Gasteiger partial charge in [0.2, 0.25) is 10.0 Å². The van der Waals surface area contributed by atoms with E-state index in [4.69, 9.17) is 5.11 Å². The zero-order valence-corrected chi connectivity index (χ0v) is 10.3. The Morgan fingerprint density at radius 2 is 2.12 bits per heavy atom. The summed E-state index contributed by atoms with van der Waals surface area (Å²) in [6.07, 6.45) is 2.09. The van der Waals surface area contributed by atoms with Gasteiger partial charge in [0.25, 0.3) is 0 Å². The quantitative estimate of drug-likeness (QED) is 0.817. The molecule has 1 aromatic rings. The van der Waals surface area contributed by atoms with Crippen molar-refractivity contribution in [3.05, 3.63) is 17.0 Å². The summed E-state index contributed by atoms with van der Waals surface area (Å²) in [4.78, 5) is 17.7. The van der Waals surface area contributed by atoms with Crippen LogP contribution in [0, 0.1) is 0 Å². The van der Waals surface area contributed by atoms with Gasteiger partial charge in [-0.1, -0.05) is 0 Å². The van der Waals surface area contributed by atoms with Crippen LogP contribution in [0.5, 0.6) is 0 Å². The average molecular weight is 310 g/mol. The number of carbonyl (C=O) groups is 1. The highest BCUT2D eigenvalue weighted by Crippen LogP contribution is 2.08. The van der Waals surface area contributed by atoms with Crippen LogP contribution in [-0.4, -0.2) is 35.2 Å². The first kappa shape index (κ1) is 12.8. The van der Waals surface area contributed by atoms with Gasteiger partial charge in [-0.3, -0.25) is 9.52 Å². The first-order chi connectivity index (χ1) is 7.39. The lowest BCUT2D eigenvalue weighted by molar-refractivity contribution is -0.136. The number of sulfonamides is 1. The summed E-state index contributed by atoms with van der Waals surface area (Å²) in [6.45, 7) is 0. The molecule has 0 saturated heterocycles. The van der Waals surface area contributed by atoms with Gasteiger partial charge in [-0.15, -0.1) is 0 Å². The van der Waals surface area contributed by atoms with Gasteiger partial charge in [-0.05, 0) is 15.9 Å². The molecule has 0 aromatic carbocycles. The Morgan fingerprint density at radius 1 is 1.44 bits per heavy atom. The molecule has 7 nitrogen and oxygen atoms in total. The van der Waals surface area contributed by atoms with Crippen LogP contribution < -0.4 is 4.72 Å². The highest BCUT2D eigenvalue weighted by atomic mass is 79.9. The Bertz CT molecular complexity index is 473. The number of aromatic nitrogens is 2. The Kier molecular flexibility index (Phi) is 4.19. The van der Waals surface area contributed by atoms with Gasteiger partial charge in [0.15, 0.2) is 5.82 Å². The van der Waals surface area contributed by atoms with Gasteiger partial charge in [0, 0.05) is 0 Å². The summed E-state index contributed by atoms with van der Waals surface area (Å²) >= 11 is 3.05. The van der Waals surface area contributed by atoms with Crippen LogP contribution in [0.4, 0.5) is 5.82 Å². The second-order valence-corrected chi connectivity index (χ2v) is 5.44. The normalized spacial score (nSPS) is 11.1. The molecule has 0 aliphatic heterocycles. The van der Waals surface area contributed by atoms with Crippen LogP contribution >= 0.6 is 15.9 Å². The SMILES string of the molecule is O=C(O)CCS(=O)(=O)Nc1cnc(Br)cn1. The number of hydrogen-bond donors (Lipinski definition) is 2. The van der Waals surface area contributed by atoms with Crippen molar-refractivity contribution in [2.75, 3.05) is 10.5 Å². The van der Waals surface area contributed by atoms with Gasteiger partial charge < -0.3 is 5.11 Å². The maximum atomic E-state index is 11.3. The molecule has 0 aliphatic carbocycles. The number of rotatable bonds is 5. The monoisotopic (exact) mass is 309 g/mol. The molecule has 0 aliphatic rings. The van der Waals surface area contributed by atoms with Crippen molar-refractivity contribution >= 4 is 37.7 Å². The topological polar surface area (TPSA) is 109 Å². The first-order valence-electron chi connectivity index (χ1n) is 4.09. The smallest absolute Gasteiger partial charge is 0.304 e. The maximum absolute atomic E-state index is 11.3. The molecule has 1 aromatic heterocycles. The molecule has 1 heterocycles. The third-order valence-corrected chi connectivity index (χ3v) is 3.14. The van der Waals surface area contributed by atoms with E-state index in [1.807, 2.05) is 0 Å². The van der Waals surface area contributed by atoms with E-state index in [2.05, 4.69) is 30.6 Å². The molecule has 2 N–H and O–H groups in total. The lowest BCUT2D eigenvalue weighted by Gasteiger charge is -2.04. The van der Waals surface area contributed by atoms with Gasteiger partial charge in [0.05, 0.1) is 24.6 Å². The Balaban J connectivity index is 2.65. The van der Waals surface area contributed by atoms with Crippen molar-refractivity contribution in [2.24, 2.45) is 0 Å². The molecular weight excluding hydrogens is 302 g/mol. The predicted octanol–water partition coefficient (Wildman–Crippen LogP) is 0.455. The van der Waals surface area contributed by atoms with E-state index in [1.165, 1.54) is 12.4 Å². The van der Waals surface area contributed by atoms with Crippen molar-refractivity contribution in [1.82, 2.24) is 9.97 Å². The van der Waals surface area contributed by atoms with Gasteiger partial charge in [-0.2, -0.15) is 0 Å². The van der Waals surface area contributed by atoms with E-state index in [9.17, 15) is 13.2 Å². The average Bonchev–Trinajstić information content (AvgIpc) is 2.19. The third kappa shape index (κ3) is 4.53. The number of nitrogens with zero attached hydrogens (tertiary/aromatic N) is 2. The summed E-state index contributed by atoms with van der Waals surface area (Å²) < 4.78 is 25.3. The molecular formula is C7H8BrN3O4S. The van der Waals surface area contributed by atoms with Crippen LogP contribution in [0.25, 0.3) is 0 Å². The summed E-state index contributed by atoms with van der Waals surface area (Å²) in [6, 6.07) is 0. The van der Waals surface area contributed by atoms with E-state index in [0.717, 1.165) is 0 Å². The number of halogens is 1. The van der Waals surface area contributed by atoms with Crippen LogP contribution in [-0.2, 0) is 14.8 Å².